The van der Waals surface area contributed by atoms with Crippen LogP contribution in [0.15, 0.2) is 18.2 Å². The molecule has 4 N–H and O–H groups in total. The minimum absolute atomic E-state index is 0.256. The topological polar surface area (TPSA) is 66.2 Å². The molecule has 0 saturated heterocycles. The largest absolute Gasteiger partial charge is 0.382 e. The summed E-state index contributed by atoms with van der Waals surface area (Å²) in [5, 5.41) is 8.34. The highest BCUT2D eigenvalue weighted by Gasteiger charge is 2.28. The van der Waals surface area contributed by atoms with Crippen molar-refractivity contribution in [1.29, 1.82) is 0 Å². The minimum Gasteiger partial charge on any atom is -0.382 e. The molecule has 2 aliphatic rings. The van der Waals surface area contributed by atoms with Crippen molar-refractivity contribution in [3.63, 3.8) is 0 Å². The molecule has 1 aliphatic carbocycles. The van der Waals surface area contributed by atoms with Crippen LogP contribution in [0.4, 0.5) is 17.2 Å². The van der Waals surface area contributed by atoms with E-state index in [0.29, 0.717) is 11.2 Å². The zero-order valence-electron chi connectivity index (χ0n) is 22.1. The molecule has 5 nitrogen and oxygen atoms in total. The highest BCUT2D eigenvalue weighted by Crippen LogP contribution is 2.40. The lowest BCUT2D eigenvalue weighted by Gasteiger charge is -2.37. The van der Waals surface area contributed by atoms with E-state index in [1.165, 1.54) is 81.8 Å². The molecule has 0 amide bonds. The maximum atomic E-state index is 6.31. The SMILES string of the molecule is CCCCC1Nc2c(N)nc3cc(CCCCCN(C)CC(C)(C)CC4CCC4)ccc3c2N1. The van der Waals surface area contributed by atoms with Crippen LogP contribution in [0.5, 0.6) is 0 Å². The van der Waals surface area contributed by atoms with E-state index in [1.54, 1.807) is 0 Å². The van der Waals surface area contributed by atoms with Gasteiger partial charge in [-0.15, -0.1) is 0 Å². The highest BCUT2D eigenvalue weighted by atomic mass is 15.2. The van der Waals surface area contributed by atoms with E-state index in [9.17, 15) is 0 Å². The first-order valence-corrected chi connectivity index (χ1v) is 13.8. The average Bonchev–Trinajstić information content (AvgIpc) is 3.19. The zero-order valence-corrected chi connectivity index (χ0v) is 22.1. The molecular formula is C29H47N5. The number of pyridine rings is 1. The normalized spacial score (nSPS) is 18.1. The molecular weight excluding hydrogens is 418 g/mol. The fraction of sp³-hybridized carbons (Fsp3) is 0.690. The average molecular weight is 466 g/mol. The van der Waals surface area contributed by atoms with Crippen LogP contribution in [0, 0.1) is 11.3 Å². The third-order valence-electron chi connectivity index (χ3n) is 7.83. The Hall–Kier alpha value is -2.01. The van der Waals surface area contributed by atoms with Crippen LogP contribution in [0.25, 0.3) is 10.9 Å². The van der Waals surface area contributed by atoms with E-state index < -0.39 is 0 Å². The summed E-state index contributed by atoms with van der Waals surface area (Å²) in [5.74, 6) is 1.60. The van der Waals surface area contributed by atoms with E-state index in [2.05, 4.69) is 61.6 Å². The van der Waals surface area contributed by atoms with Gasteiger partial charge < -0.3 is 21.3 Å². The molecule has 0 spiro atoms. The number of anilines is 3. The Kier molecular flexibility index (Phi) is 8.23. The van der Waals surface area contributed by atoms with Crippen molar-refractivity contribution < 1.29 is 0 Å². The van der Waals surface area contributed by atoms with Gasteiger partial charge in [-0.1, -0.05) is 65.0 Å². The van der Waals surface area contributed by atoms with Gasteiger partial charge in [-0.25, -0.2) is 4.98 Å². The lowest BCUT2D eigenvalue weighted by atomic mass is 9.73. The summed E-state index contributed by atoms with van der Waals surface area (Å²) in [6, 6.07) is 6.74. The van der Waals surface area contributed by atoms with E-state index in [1.807, 2.05) is 0 Å². The molecule has 188 valence electrons. The Labute approximate surface area is 207 Å². The van der Waals surface area contributed by atoms with Gasteiger partial charge in [-0.3, -0.25) is 0 Å². The number of aromatic nitrogens is 1. The lowest BCUT2D eigenvalue weighted by Crippen LogP contribution is -2.34. The molecule has 34 heavy (non-hydrogen) atoms. The van der Waals surface area contributed by atoms with Gasteiger partial charge in [0.15, 0.2) is 0 Å². The fourth-order valence-corrected chi connectivity index (χ4v) is 5.96. The first-order valence-electron chi connectivity index (χ1n) is 13.8. The summed E-state index contributed by atoms with van der Waals surface area (Å²) in [5.41, 5.74) is 11.2. The maximum absolute atomic E-state index is 6.31. The predicted molar refractivity (Wildman–Crippen MR) is 148 cm³/mol. The molecule has 4 rings (SSSR count). The molecule has 1 aromatic heterocycles. The summed E-state index contributed by atoms with van der Waals surface area (Å²) >= 11 is 0. The number of nitrogens with one attached hydrogen (secondary N) is 2. The third kappa shape index (κ3) is 6.35. The van der Waals surface area contributed by atoms with Gasteiger partial charge in [0.25, 0.3) is 0 Å². The van der Waals surface area contributed by atoms with Gasteiger partial charge in [0.05, 0.1) is 17.4 Å². The van der Waals surface area contributed by atoms with Crippen molar-refractivity contribution in [1.82, 2.24) is 9.88 Å². The second-order valence-corrected chi connectivity index (χ2v) is 11.8. The van der Waals surface area contributed by atoms with Crippen LogP contribution in [0.1, 0.15) is 90.5 Å². The Balaban J connectivity index is 1.23. The van der Waals surface area contributed by atoms with Gasteiger partial charge in [0.1, 0.15) is 11.5 Å². The number of nitrogens with zero attached hydrogens (tertiary/aromatic N) is 2. The van der Waals surface area contributed by atoms with Gasteiger partial charge in [0.2, 0.25) is 0 Å². The first kappa shape index (κ1) is 25.1. The summed E-state index contributed by atoms with van der Waals surface area (Å²) in [6.45, 7) is 9.55. The Bertz CT molecular complexity index is 949. The van der Waals surface area contributed by atoms with Gasteiger partial charge in [-0.2, -0.15) is 0 Å². The predicted octanol–water partition coefficient (Wildman–Crippen LogP) is 7.03. The van der Waals surface area contributed by atoms with Crippen molar-refractivity contribution in [3.05, 3.63) is 23.8 Å². The van der Waals surface area contributed by atoms with E-state index >= 15 is 0 Å². The van der Waals surface area contributed by atoms with Crippen molar-refractivity contribution in [2.24, 2.45) is 11.3 Å². The number of nitrogen functional groups attached to an aromatic ring is 1. The van der Waals surface area contributed by atoms with Crippen LogP contribution in [0.3, 0.4) is 0 Å². The molecule has 1 saturated carbocycles. The third-order valence-corrected chi connectivity index (χ3v) is 7.83. The molecule has 0 radical (unpaired) electrons. The van der Waals surface area contributed by atoms with Crippen LogP contribution in [-0.4, -0.2) is 36.2 Å². The Morgan fingerprint density at radius 3 is 2.62 bits per heavy atom. The number of nitrogens with two attached hydrogens (primary N) is 1. The molecule has 1 unspecified atom stereocenters. The van der Waals surface area contributed by atoms with Gasteiger partial charge in [0, 0.05) is 11.9 Å². The minimum atomic E-state index is 0.256. The second-order valence-electron chi connectivity index (χ2n) is 11.8. The van der Waals surface area contributed by atoms with E-state index in [4.69, 9.17) is 10.7 Å². The van der Waals surface area contributed by atoms with Gasteiger partial charge in [-0.05, 0) is 75.1 Å². The molecule has 1 aromatic carbocycles. The summed E-state index contributed by atoms with van der Waals surface area (Å²) in [4.78, 5) is 7.28. The zero-order chi connectivity index (χ0) is 24.1. The van der Waals surface area contributed by atoms with Crippen molar-refractivity contribution >= 4 is 28.1 Å². The van der Waals surface area contributed by atoms with Crippen LogP contribution >= 0.6 is 0 Å². The van der Waals surface area contributed by atoms with Gasteiger partial charge >= 0.3 is 0 Å². The fourth-order valence-electron chi connectivity index (χ4n) is 5.96. The number of hydrogen-bond acceptors (Lipinski definition) is 5. The second kappa shape index (κ2) is 11.2. The molecule has 1 fully saturated rings. The Morgan fingerprint density at radius 1 is 1.09 bits per heavy atom. The number of rotatable bonds is 13. The number of fused-ring (bicyclic) bond motifs is 3. The molecule has 1 atom stereocenters. The number of hydrogen-bond donors (Lipinski definition) is 3. The lowest BCUT2D eigenvalue weighted by molar-refractivity contribution is 0.139. The van der Waals surface area contributed by atoms with Crippen molar-refractivity contribution in [2.45, 2.75) is 97.6 Å². The molecule has 2 heterocycles. The summed E-state index contributed by atoms with van der Waals surface area (Å²) in [6.07, 6.45) is 14.4. The molecule has 2 aromatic rings. The van der Waals surface area contributed by atoms with Crippen molar-refractivity contribution in [3.8, 4) is 0 Å². The molecule has 5 heteroatoms. The summed E-state index contributed by atoms with van der Waals surface area (Å²) < 4.78 is 0. The standard InChI is InChI=1S/C29H47N5/c1-5-6-14-25-32-26-23-16-15-21(18-24(23)31-28(30)27(26)33-25)11-8-7-9-17-34(4)20-29(2,3)19-22-12-10-13-22/h15-16,18,22,25,32-33H,5-14,17,19-20H2,1-4H3,(H2,30,31). The maximum Gasteiger partial charge on any atom is 0.149 e. The smallest absolute Gasteiger partial charge is 0.149 e. The monoisotopic (exact) mass is 465 g/mol. The highest BCUT2D eigenvalue weighted by molar-refractivity contribution is 6.03. The van der Waals surface area contributed by atoms with Crippen LogP contribution in [0.2, 0.25) is 0 Å². The number of aryl methyl sites for hydroxylation is 1. The molecule has 0 bridgehead atoms. The number of unbranched alkanes of at least 4 members (excludes halogenated alkanes) is 3. The van der Waals surface area contributed by atoms with Crippen LogP contribution in [-0.2, 0) is 6.42 Å². The molecule has 1 aliphatic heterocycles. The van der Waals surface area contributed by atoms with E-state index in [0.717, 1.165) is 35.7 Å². The Morgan fingerprint density at radius 2 is 1.88 bits per heavy atom. The summed E-state index contributed by atoms with van der Waals surface area (Å²) in [7, 11) is 2.30. The van der Waals surface area contributed by atoms with E-state index in [-0.39, 0.29) is 6.17 Å². The van der Waals surface area contributed by atoms with Crippen molar-refractivity contribution in [2.75, 3.05) is 36.5 Å². The number of benzene rings is 1. The quantitative estimate of drug-likeness (QED) is 0.277. The van der Waals surface area contributed by atoms with Crippen LogP contribution < -0.4 is 16.4 Å². The first-order chi connectivity index (χ1) is 16.3.